The number of rotatable bonds is 21. The maximum Gasteiger partial charge on any atom is 1.00 e. The fraction of sp³-hybridized carbons (Fsp3) is 0.0291. The van der Waals surface area contributed by atoms with E-state index in [-0.39, 0.29) is 145 Å². The van der Waals surface area contributed by atoms with Crippen molar-refractivity contribution in [3.63, 3.8) is 0 Å². The molecule has 0 heterocycles. The van der Waals surface area contributed by atoms with E-state index < -0.39 is 72.1 Å². The molecular formula is C103H76KLiN16O16. The van der Waals surface area contributed by atoms with Crippen molar-refractivity contribution < 1.29 is 147 Å². The van der Waals surface area contributed by atoms with Gasteiger partial charge in [0.25, 0.3) is 0 Å². The van der Waals surface area contributed by atoms with E-state index in [1.807, 2.05) is 0 Å². The van der Waals surface area contributed by atoms with Crippen molar-refractivity contribution in [3.05, 3.63) is 334 Å². The van der Waals surface area contributed by atoms with Gasteiger partial charge in [0.15, 0.2) is 0 Å². The number of amides is 16. The van der Waals surface area contributed by atoms with Crippen molar-refractivity contribution in [2.24, 2.45) is 0 Å². The summed E-state index contributed by atoms with van der Waals surface area (Å²) in [7, 11) is 1.23. The number of hydrogen-bond acceptors (Lipinski definition) is 16. The summed E-state index contributed by atoms with van der Waals surface area (Å²) in [5, 5.41) is 64.4. The third-order valence-corrected chi connectivity index (χ3v) is 17.7. The molecule has 0 saturated heterocycles. The Kier molecular flexibility index (Phi) is 41.2. The van der Waals surface area contributed by atoms with Gasteiger partial charge in [0.1, 0.15) is 0 Å². The Labute approximate surface area is 841 Å². The van der Waals surface area contributed by atoms with Crippen LogP contribution in [0.4, 0.5) is 129 Å². The summed E-state index contributed by atoms with van der Waals surface area (Å²) >= 11 is 0. The van der Waals surface area contributed by atoms with Crippen molar-refractivity contribution in [2.75, 3.05) is 98.8 Å². The van der Waals surface area contributed by atoms with Gasteiger partial charge in [0.2, 0.25) is 0 Å². The van der Waals surface area contributed by atoms with Gasteiger partial charge in [-0.2, -0.15) is 0 Å². The van der Waals surface area contributed by atoms with Crippen LogP contribution in [0.25, 0.3) is 0 Å². The number of nitrogens with one attached hydrogen (secondary N) is 16. The van der Waals surface area contributed by atoms with Gasteiger partial charge in [-0.1, -0.05) is 47.4 Å². The molecule has 0 bridgehead atoms. The fourth-order valence-electron chi connectivity index (χ4n) is 11.4. The monoisotopic (exact) mass is 1840 g/mol. The standard InChI is InChI=1S/C27H22N4O4.C26H20N4O4.2C25H18N4O4.K.Li/c1-4-18-7-11-21(12-8-18)28-26(33)30-23-15-20(25(32)35-6-3)16-24(17-23)31-27(34)29-22-13-9-19(5-2)10-14-22;1-4-17-6-10-20(11-7-17)27-25(32)29-22-14-19(24(31)34-3)15-23(16-22)30-26(33)28-21-12-8-18(5-2)9-13-21;2*1-3-16-5-9-19(10-6-16)26-24(32)28-21-13-18(23(30)31)14-22(15-21)29-25(33)27-20-11-7-17(4-2)8-12-20;;/h1-2,7-17H,6H2,3H3,(H2,28,30,33)(H2,29,31,34);1-2,6-16H,3H3,(H2,27,29,32)(H2,28,30,33);2*1-2,5-15H,(H,30,31)(H2,26,28,32)(H2,27,29,33);;/q;;;;2*+1/p-2. The number of aromatic carboxylic acids is 2. The first-order valence-corrected chi connectivity index (χ1v) is 39.5. The first-order valence-electron chi connectivity index (χ1n) is 39.5. The van der Waals surface area contributed by atoms with Crippen molar-refractivity contribution in [3.8, 4) is 98.8 Å². The number of ether oxygens (including phenoxy) is 2. The smallest absolute Gasteiger partial charge is 0.545 e. The van der Waals surface area contributed by atoms with Crippen LogP contribution >= 0.6 is 0 Å². The maximum absolute atomic E-state index is 12.5. The van der Waals surface area contributed by atoms with Gasteiger partial charge < -0.3 is 114 Å². The van der Waals surface area contributed by atoms with Crippen LogP contribution in [-0.4, -0.2) is 85.8 Å². The van der Waals surface area contributed by atoms with Crippen molar-refractivity contribution >= 4 is 163 Å². The second-order valence-electron chi connectivity index (χ2n) is 27.4. The minimum absolute atomic E-state index is 0. The van der Waals surface area contributed by atoms with Crippen LogP contribution in [0.2, 0.25) is 0 Å². The van der Waals surface area contributed by atoms with Gasteiger partial charge in [-0.05, 0) is 274 Å². The Morgan fingerprint density at radius 1 is 0.226 bits per heavy atom. The van der Waals surface area contributed by atoms with Gasteiger partial charge in [-0.25, -0.2) is 47.9 Å². The molecule has 34 heteroatoms. The first kappa shape index (κ1) is 105. The predicted molar refractivity (Wildman–Crippen MR) is 518 cm³/mol. The summed E-state index contributed by atoms with van der Waals surface area (Å²) in [5.41, 5.74) is 10.7. The molecule has 0 aliphatic heterocycles. The van der Waals surface area contributed by atoms with Crippen LogP contribution in [0.15, 0.2) is 267 Å². The number of urea groups is 8. The molecule has 666 valence electrons. The second-order valence-corrected chi connectivity index (χ2v) is 27.4. The van der Waals surface area contributed by atoms with Crippen LogP contribution in [0.5, 0.6) is 0 Å². The zero-order valence-corrected chi connectivity index (χ0v) is 76.4. The van der Waals surface area contributed by atoms with Crippen molar-refractivity contribution in [2.45, 2.75) is 6.92 Å². The topological polar surface area (TPSA) is 462 Å². The summed E-state index contributed by atoms with van der Waals surface area (Å²) in [5.74, 6) is 15.7. The Balaban J connectivity index is 0.000000248. The fourth-order valence-corrected chi connectivity index (χ4v) is 11.4. The number of anilines is 16. The largest absolute Gasteiger partial charge is 1.00 e. The average Bonchev–Trinajstić information content (AvgIpc) is 0.859. The SMILES string of the molecule is C#Cc1ccc(NC(=O)Nc2cc(NC(=O)Nc3ccc(C#C)cc3)cc(C(=O)OC)c2)cc1.C#Cc1ccc(NC(=O)Nc2cc(NC(=O)Nc3ccc(C#C)cc3)cc(C(=O)OCC)c2)cc1.C#Cc1ccc(NC(=O)Nc2cc(NC(=O)Nc3ccc(C#C)cc3)cc(C(=O)[O-])c2)cc1.C#Cc1ccc(NC(=O)Nc2cc(NC(=O)Nc3ccc(C#C)cc3)cc(C(=O)[O-])c2)cc1.[K+].[Li+]. The number of carbonyl (C=O) groups is 12. The third-order valence-electron chi connectivity index (χ3n) is 17.7. The molecule has 16 N–H and O–H groups in total. The first-order chi connectivity index (χ1) is 65.0. The minimum Gasteiger partial charge on any atom is -0.545 e. The summed E-state index contributed by atoms with van der Waals surface area (Å²) in [6.07, 6.45) is 42.5. The van der Waals surface area contributed by atoms with Gasteiger partial charge in [0, 0.05) is 147 Å². The summed E-state index contributed by atoms with van der Waals surface area (Å²) in [6.45, 7) is 1.85. The minimum atomic E-state index is -1.47. The third kappa shape index (κ3) is 35.3. The number of hydrogen-bond donors (Lipinski definition) is 16. The van der Waals surface area contributed by atoms with E-state index in [0.29, 0.717) is 90.0 Å². The molecule has 16 amide bonds. The summed E-state index contributed by atoms with van der Waals surface area (Å²) in [6, 6.07) is 64.7. The molecule has 0 spiro atoms. The van der Waals surface area contributed by atoms with Crippen molar-refractivity contribution in [1.82, 2.24) is 0 Å². The molecule has 137 heavy (non-hydrogen) atoms. The van der Waals surface area contributed by atoms with Gasteiger partial charge in [-0.3, -0.25) is 0 Å². The number of esters is 2. The van der Waals surface area contributed by atoms with E-state index in [1.54, 1.807) is 201 Å². The second kappa shape index (κ2) is 53.5. The van der Waals surface area contributed by atoms with Crippen LogP contribution in [0.3, 0.4) is 0 Å². The summed E-state index contributed by atoms with van der Waals surface area (Å²) < 4.78 is 9.82. The van der Waals surface area contributed by atoms with E-state index in [9.17, 15) is 67.7 Å². The number of carboxylic acid groups (broad SMARTS) is 2. The molecule has 12 rings (SSSR count). The van der Waals surface area contributed by atoms with E-state index in [4.69, 9.17) is 60.9 Å². The van der Waals surface area contributed by atoms with E-state index in [1.165, 1.54) is 79.9 Å². The number of benzene rings is 12. The average molecular weight is 1840 g/mol. The Morgan fingerprint density at radius 2 is 0.358 bits per heavy atom. The van der Waals surface area contributed by atoms with Crippen LogP contribution in [-0.2, 0) is 9.47 Å². The molecule has 0 atom stereocenters. The van der Waals surface area contributed by atoms with Crippen LogP contribution in [0.1, 0.15) is 92.9 Å². The molecular weight excluding hydrogens is 1760 g/mol. The molecule has 0 saturated carbocycles. The zero-order valence-electron chi connectivity index (χ0n) is 73.3. The maximum atomic E-state index is 12.5. The molecule has 0 unspecified atom stereocenters. The molecule has 0 aromatic heterocycles. The molecule has 32 nitrogen and oxygen atoms in total. The summed E-state index contributed by atoms with van der Waals surface area (Å²) in [4.78, 5) is 146. The Bertz CT molecular complexity index is 6280. The van der Waals surface area contributed by atoms with Gasteiger partial charge in [-0.15, -0.1) is 51.4 Å². The number of terminal acetylenes is 8. The predicted octanol–water partition coefficient (Wildman–Crippen LogP) is 10.4. The Morgan fingerprint density at radius 3 is 0.482 bits per heavy atom. The quantitative estimate of drug-likeness (QED) is 0.0181. The number of carboxylic acids is 2. The normalized spacial score (nSPS) is 9.50. The molecule has 0 fully saturated rings. The Hall–Kier alpha value is -18.6. The molecule has 0 aliphatic carbocycles. The van der Waals surface area contributed by atoms with Gasteiger partial charge >= 0.3 is 130 Å². The number of carbonyl (C=O) groups excluding carboxylic acids is 12. The van der Waals surface area contributed by atoms with E-state index in [0.717, 1.165) is 0 Å². The molecule has 12 aromatic carbocycles. The molecule has 0 radical (unpaired) electrons. The van der Waals surface area contributed by atoms with E-state index in [2.05, 4.69) is 132 Å². The van der Waals surface area contributed by atoms with Crippen LogP contribution < -0.4 is 166 Å². The molecule has 12 aromatic rings. The number of methoxy groups -OCH3 is 1. The van der Waals surface area contributed by atoms with Gasteiger partial charge in [0.05, 0.1) is 36.8 Å². The van der Waals surface area contributed by atoms with E-state index >= 15 is 0 Å². The zero-order chi connectivity index (χ0) is 97.3. The van der Waals surface area contributed by atoms with Crippen molar-refractivity contribution in [1.29, 1.82) is 0 Å². The van der Waals surface area contributed by atoms with Crippen LogP contribution in [0, 0.1) is 98.8 Å². The molecule has 0 aliphatic rings.